The summed E-state index contributed by atoms with van der Waals surface area (Å²) in [4.78, 5) is 0. The van der Waals surface area contributed by atoms with Crippen molar-refractivity contribution < 1.29 is 4.57 Å². The van der Waals surface area contributed by atoms with Gasteiger partial charge in [-0.15, -0.1) is 0 Å². The highest BCUT2D eigenvalue weighted by Gasteiger charge is 1.99. The molecule has 0 saturated carbocycles. The van der Waals surface area contributed by atoms with Crippen LogP contribution < -0.4 is 4.57 Å². The van der Waals surface area contributed by atoms with Crippen LogP contribution in [-0.2, 0) is 0 Å². The summed E-state index contributed by atoms with van der Waals surface area (Å²) in [7, 11) is 0. The van der Waals surface area contributed by atoms with Gasteiger partial charge in [-0.1, -0.05) is 18.2 Å². The zero-order valence-corrected chi connectivity index (χ0v) is 6.64. The molecule has 0 aliphatic heterocycles. The van der Waals surface area contributed by atoms with Crippen molar-refractivity contribution in [1.29, 1.82) is 0 Å². The SMILES string of the molecule is [c]1cccc(-[n+]2ccccc2)c1. The zero-order chi connectivity index (χ0) is 8.23. The van der Waals surface area contributed by atoms with Crippen molar-refractivity contribution in [1.82, 2.24) is 0 Å². The molecule has 0 aliphatic carbocycles. The van der Waals surface area contributed by atoms with E-state index in [1.54, 1.807) is 0 Å². The summed E-state index contributed by atoms with van der Waals surface area (Å²) >= 11 is 0. The molecule has 1 aromatic carbocycles. The Morgan fingerprint density at radius 2 is 1.83 bits per heavy atom. The van der Waals surface area contributed by atoms with Gasteiger partial charge >= 0.3 is 0 Å². The number of hydrogen-bond acceptors (Lipinski definition) is 0. The largest absolute Gasteiger partial charge is 0.211 e. The second kappa shape index (κ2) is 3.18. The van der Waals surface area contributed by atoms with Gasteiger partial charge < -0.3 is 0 Å². The van der Waals surface area contributed by atoms with Crippen LogP contribution in [0.5, 0.6) is 0 Å². The van der Waals surface area contributed by atoms with Gasteiger partial charge in [-0.3, -0.25) is 0 Å². The summed E-state index contributed by atoms with van der Waals surface area (Å²) in [5.74, 6) is 0. The minimum Gasteiger partial charge on any atom is -0.167 e. The summed E-state index contributed by atoms with van der Waals surface area (Å²) in [6.45, 7) is 0. The lowest BCUT2D eigenvalue weighted by Crippen LogP contribution is -2.28. The molecule has 12 heavy (non-hydrogen) atoms. The molecule has 0 atom stereocenters. The lowest BCUT2D eigenvalue weighted by atomic mass is 10.3. The van der Waals surface area contributed by atoms with E-state index in [-0.39, 0.29) is 0 Å². The van der Waals surface area contributed by atoms with E-state index in [0.717, 1.165) is 5.69 Å². The second-order valence-corrected chi connectivity index (χ2v) is 2.54. The van der Waals surface area contributed by atoms with E-state index < -0.39 is 0 Å². The van der Waals surface area contributed by atoms with Gasteiger partial charge in [-0.25, -0.2) is 0 Å². The zero-order valence-electron chi connectivity index (χ0n) is 6.64. The predicted octanol–water partition coefficient (Wildman–Crippen LogP) is 1.76. The van der Waals surface area contributed by atoms with Gasteiger partial charge in [0.25, 0.3) is 0 Å². The molecule has 2 rings (SSSR count). The van der Waals surface area contributed by atoms with Crippen LogP contribution in [0.25, 0.3) is 5.69 Å². The van der Waals surface area contributed by atoms with Crippen LogP contribution in [0.4, 0.5) is 0 Å². The van der Waals surface area contributed by atoms with Gasteiger partial charge in [0.15, 0.2) is 12.4 Å². The van der Waals surface area contributed by atoms with E-state index in [1.165, 1.54) is 0 Å². The molecule has 0 saturated heterocycles. The van der Waals surface area contributed by atoms with Crippen molar-refractivity contribution >= 4 is 0 Å². The maximum atomic E-state index is 3.04. The maximum Gasteiger partial charge on any atom is 0.211 e. The summed E-state index contributed by atoms with van der Waals surface area (Å²) in [6.07, 6.45) is 4.03. The van der Waals surface area contributed by atoms with Crippen LogP contribution in [0.1, 0.15) is 0 Å². The van der Waals surface area contributed by atoms with E-state index in [9.17, 15) is 0 Å². The fourth-order valence-electron chi connectivity index (χ4n) is 1.12. The molecule has 2 aromatic rings. The summed E-state index contributed by atoms with van der Waals surface area (Å²) in [5.41, 5.74) is 1.14. The third-order valence-corrected chi connectivity index (χ3v) is 1.70. The first-order valence-corrected chi connectivity index (χ1v) is 3.89. The molecule has 0 unspecified atom stereocenters. The fourth-order valence-corrected chi connectivity index (χ4v) is 1.12. The third-order valence-electron chi connectivity index (χ3n) is 1.70. The minimum absolute atomic E-state index is 1.14. The lowest BCUT2D eigenvalue weighted by Gasteiger charge is -1.91. The van der Waals surface area contributed by atoms with Gasteiger partial charge in [0.05, 0.1) is 0 Å². The van der Waals surface area contributed by atoms with E-state index in [4.69, 9.17) is 0 Å². The predicted molar refractivity (Wildman–Crippen MR) is 46.8 cm³/mol. The van der Waals surface area contributed by atoms with E-state index in [0.29, 0.717) is 0 Å². The Labute approximate surface area is 71.9 Å². The number of rotatable bonds is 1. The Kier molecular flexibility index (Phi) is 1.87. The van der Waals surface area contributed by atoms with Crippen LogP contribution in [0, 0.1) is 6.07 Å². The highest BCUT2D eigenvalue weighted by molar-refractivity contribution is 5.20. The quantitative estimate of drug-likeness (QED) is 0.552. The van der Waals surface area contributed by atoms with Crippen molar-refractivity contribution in [2.75, 3.05) is 0 Å². The number of pyridine rings is 1. The summed E-state index contributed by atoms with van der Waals surface area (Å²) in [5, 5.41) is 0. The maximum absolute atomic E-state index is 3.04. The van der Waals surface area contributed by atoms with Crippen LogP contribution >= 0.6 is 0 Å². The molecule has 1 aromatic heterocycles. The van der Waals surface area contributed by atoms with E-state index in [2.05, 4.69) is 16.7 Å². The molecule has 1 radical (unpaired) electrons. The highest BCUT2D eigenvalue weighted by Crippen LogP contribution is 1.95. The molecule has 57 valence electrons. The van der Waals surface area contributed by atoms with Gasteiger partial charge in [0, 0.05) is 24.3 Å². The second-order valence-electron chi connectivity index (χ2n) is 2.54. The Morgan fingerprint density at radius 1 is 1.00 bits per heavy atom. The molecule has 0 spiro atoms. The number of nitrogens with zero attached hydrogens (tertiary/aromatic N) is 1. The Balaban J connectivity index is 2.46. The van der Waals surface area contributed by atoms with Gasteiger partial charge in [0.1, 0.15) is 0 Å². The standard InChI is InChI=1S/C11H9N/c1-3-7-11(8-4-1)12-9-5-2-6-10-12/h1-3,5-10H/q+1. The molecule has 0 fully saturated rings. The topological polar surface area (TPSA) is 3.88 Å². The molecule has 1 heterocycles. The van der Waals surface area contributed by atoms with Crippen LogP contribution in [0.3, 0.4) is 0 Å². The molecule has 1 heteroatoms. The number of aromatic nitrogens is 1. The Morgan fingerprint density at radius 3 is 2.50 bits per heavy atom. The van der Waals surface area contributed by atoms with Crippen LogP contribution in [0.15, 0.2) is 54.9 Å². The van der Waals surface area contributed by atoms with Crippen LogP contribution in [0.2, 0.25) is 0 Å². The molecule has 1 nitrogen and oxygen atoms in total. The van der Waals surface area contributed by atoms with Gasteiger partial charge in [-0.05, 0) is 6.07 Å². The highest BCUT2D eigenvalue weighted by atomic mass is 14.9. The van der Waals surface area contributed by atoms with Crippen molar-refractivity contribution in [2.24, 2.45) is 0 Å². The molecule has 0 aliphatic rings. The average molecular weight is 155 g/mol. The Hall–Kier alpha value is -1.63. The van der Waals surface area contributed by atoms with E-state index >= 15 is 0 Å². The molecular formula is C11H9N+. The van der Waals surface area contributed by atoms with Crippen LogP contribution in [-0.4, -0.2) is 0 Å². The first-order valence-electron chi connectivity index (χ1n) is 3.89. The summed E-state index contributed by atoms with van der Waals surface area (Å²) in [6, 6.07) is 16.9. The molecule has 0 amide bonds. The third kappa shape index (κ3) is 1.35. The normalized spacial score (nSPS) is 9.67. The van der Waals surface area contributed by atoms with Crippen molar-refractivity contribution in [3.8, 4) is 5.69 Å². The van der Waals surface area contributed by atoms with E-state index in [1.807, 2.05) is 48.8 Å². The van der Waals surface area contributed by atoms with Gasteiger partial charge in [0.2, 0.25) is 5.69 Å². The number of hydrogen-bond donors (Lipinski definition) is 0. The summed E-state index contributed by atoms with van der Waals surface area (Å²) < 4.78 is 2.05. The average Bonchev–Trinajstić information content (AvgIpc) is 2.21. The first-order chi connectivity index (χ1) is 5.97. The first kappa shape index (κ1) is 7.04. The van der Waals surface area contributed by atoms with Crippen molar-refractivity contribution in [3.05, 3.63) is 60.9 Å². The lowest BCUT2D eigenvalue weighted by molar-refractivity contribution is -0.595. The number of benzene rings is 1. The Bertz CT molecular complexity index is 302. The van der Waals surface area contributed by atoms with Crippen molar-refractivity contribution in [2.45, 2.75) is 0 Å². The molecule has 0 N–H and O–H groups in total. The van der Waals surface area contributed by atoms with Gasteiger partial charge in [-0.2, -0.15) is 4.57 Å². The minimum atomic E-state index is 1.14. The molecular weight excluding hydrogens is 146 g/mol. The smallest absolute Gasteiger partial charge is 0.167 e. The molecule has 0 bridgehead atoms. The fraction of sp³-hybridized carbons (Fsp3) is 0. The van der Waals surface area contributed by atoms with Crippen molar-refractivity contribution in [3.63, 3.8) is 0 Å². The monoisotopic (exact) mass is 155 g/mol.